The normalized spacial score (nSPS) is 16.5. The number of ether oxygens (including phenoxy) is 1. The van der Waals surface area contributed by atoms with Crippen LogP contribution in [0.3, 0.4) is 0 Å². The number of hydrogen-bond acceptors (Lipinski definition) is 6. The number of fused-ring (bicyclic) bond motifs is 1. The fraction of sp³-hybridized carbons (Fsp3) is 0.357. The second kappa shape index (κ2) is 5.82. The molecule has 7 nitrogen and oxygen atoms in total. The molecule has 0 saturated carbocycles. The van der Waals surface area contributed by atoms with E-state index in [4.69, 9.17) is 9.26 Å². The molecule has 21 heavy (non-hydrogen) atoms. The number of benzene rings is 1. The Morgan fingerprint density at radius 2 is 2.33 bits per heavy atom. The van der Waals surface area contributed by atoms with Crippen LogP contribution >= 0.6 is 0 Å². The summed E-state index contributed by atoms with van der Waals surface area (Å²) >= 11 is 0. The van der Waals surface area contributed by atoms with Crippen LogP contribution in [0.1, 0.15) is 11.7 Å². The van der Waals surface area contributed by atoms with Crippen molar-refractivity contribution >= 4 is 11.6 Å². The third-order valence-corrected chi connectivity index (χ3v) is 3.14. The van der Waals surface area contributed by atoms with E-state index < -0.39 is 6.10 Å². The average Bonchev–Trinajstić information content (AvgIpc) is 2.92. The number of carbonyl (C=O) groups excluding carboxylic acids is 1. The second-order valence-corrected chi connectivity index (χ2v) is 4.75. The van der Waals surface area contributed by atoms with Crippen LogP contribution in [0, 0.1) is 6.92 Å². The molecular weight excluding hydrogens is 272 g/mol. The van der Waals surface area contributed by atoms with Crippen LogP contribution in [0.4, 0.5) is 5.69 Å². The van der Waals surface area contributed by atoms with Gasteiger partial charge in [-0.1, -0.05) is 17.3 Å². The highest BCUT2D eigenvalue weighted by molar-refractivity contribution is 5.83. The van der Waals surface area contributed by atoms with Gasteiger partial charge in [0, 0.05) is 19.9 Å². The van der Waals surface area contributed by atoms with E-state index in [9.17, 15) is 4.79 Å². The Kier molecular flexibility index (Phi) is 3.72. The van der Waals surface area contributed by atoms with Crippen molar-refractivity contribution < 1.29 is 14.1 Å². The SMILES string of the molecule is Cc1nc(CCNC(=O)C2CNc3ccccc3O2)no1. The molecule has 2 aromatic rings. The van der Waals surface area contributed by atoms with E-state index >= 15 is 0 Å². The van der Waals surface area contributed by atoms with Gasteiger partial charge in [0.1, 0.15) is 5.75 Å². The zero-order chi connectivity index (χ0) is 14.7. The highest BCUT2D eigenvalue weighted by Crippen LogP contribution is 2.28. The van der Waals surface area contributed by atoms with Crippen molar-refractivity contribution in [1.29, 1.82) is 0 Å². The number of anilines is 1. The van der Waals surface area contributed by atoms with Crippen LogP contribution < -0.4 is 15.4 Å². The predicted molar refractivity (Wildman–Crippen MR) is 75.1 cm³/mol. The Hall–Kier alpha value is -2.57. The maximum atomic E-state index is 12.1. The summed E-state index contributed by atoms with van der Waals surface area (Å²) in [4.78, 5) is 16.1. The van der Waals surface area contributed by atoms with Gasteiger partial charge in [0.2, 0.25) is 5.89 Å². The zero-order valence-electron chi connectivity index (χ0n) is 11.6. The number of hydrogen-bond donors (Lipinski definition) is 2. The summed E-state index contributed by atoms with van der Waals surface area (Å²) in [7, 11) is 0. The van der Waals surface area contributed by atoms with Gasteiger partial charge in [-0.05, 0) is 12.1 Å². The predicted octanol–water partition coefficient (Wildman–Crippen LogP) is 0.910. The molecule has 0 spiro atoms. The molecule has 1 unspecified atom stereocenters. The van der Waals surface area contributed by atoms with Gasteiger partial charge in [-0.15, -0.1) is 0 Å². The molecule has 3 rings (SSSR count). The first kappa shape index (κ1) is 13.4. The third-order valence-electron chi connectivity index (χ3n) is 3.14. The number of amides is 1. The molecule has 0 radical (unpaired) electrons. The molecule has 1 aromatic carbocycles. The van der Waals surface area contributed by atoms with Crippen molar-refractivity contribution in [2.75, 3.05) is 18.4 Å². The van der Waals surface area contributed by atoms with Gasteiger partial charge in [-0.25, -0.2) is 0 Å². The maximum absolute atomic E-state index is 12.1. The summed E-state index contributed by atoms with van der Waals surface area (Å²) in [5.74, 6) is 1.64. The summed E-state index contributed by atoms with van der Waals surface area (Å²) < 4.78 is 10.5. The lowest BCUT2D eigenvalue weighted by Crippen LogP contribution is -2.45. The topological polar surface area (TPSA) is 89.3 Å². The van der Waals surface area contributed by atoms with Gasteiger partial charge in [-0.2, -0.15) is 4.98 Å². The van der Waals surface area contributed by atoms with Crippen molar-refractivity contribution in [3.05, 3.63) is 36.0 Å². The average molecular weight is 288 g/mol. The van der Waals surface area contributed by atoms with Gasteiger partial charge < -0.3 is 19.9 Å². The third kappa shape index (κ3) is 3.13. The minimum Gasteiger partial charge on any atom is -0.477 e. The number of rotatable bonds is 4. The number of aryl methyl sites for hydroxylation is 1. The maximum Gasteiger partial charge on any atom is 0.262 e. The molecule has 110 valence electrons. The van der Waals surface area contributed by atoms with Crippen LogP contribution in [-0.4, -0.2) is 35.2 Å². The molecule has 0 fully saturated rings. The number of para-hydroxylation sites is 2. The Bertz CT molecular complexity index is 641. The lowest BCUT2D eigenvalue weighted by Gasteiger charge is -2.26. The minimum atomic E-state index is -0.535. The fourth-order valence-corrected chi connectivity index (χ4v) is 2.11. The summed E-state index contributed by atoms with van der Waals surface area (Å²) in [5, 5.41) is 9.77. The summed E-state index contributed by atoms with van der Waals surface area (Å²) in [6.45, 7) is 2.62. The van der Waals surface area contributed by atoms with Crippen molar-refractivity contribution in [3.63, 3.8) is 0 Å². The van der Waals surface area contributed by atoms with E-state index in [1.54, 1.807) is 6.92 Å². The van der Waals surface area contributed by atoms with Crippen molar-refractivity contribution in [1.82, 2.24) is 15.5 Å². The first-order valence-corrected chi connectivity index (χ1v) is 6.79. The Morgan fingerprint density at radius 1 is 1.48 bits per heavy atom. The lowest BCUT2D eigenvalue weighted by molar-refractivity contribution is -0.127. The quantitative estimate of drug-likeness (QED) is 0.869. The van der Waals surface area contributed by atoms with E-state index in [2.05, 4.69) is 20.8 Å². The fourth-order valence-electron chi connectivity index (χ4n) is 2.11. The lowest BCUT2D eigenvalue weighted by atomic mass is 10.2. The molecule has 2 N–H and O–H groups in total. The van der Waals surface area contributed by atoms with Gasteiger partial charge in [-0.3, -0.25) is 4.79 Å². The number of carbonyl (C=O) groups is 1. The Morgan fingerprint density at radius 3 is 3.14 bits per heavy atom. The largest absolute Gasteiger partial charge is 0.477 e. The molecule has 1 aliphatic heterocycles. The van der Waals surface area contributed by atoms with E-state index in [0.717, 1.165) is 5.69 Å². The summed E-state index contributed by atoms with van der Waals surface area (Å²) in [6.07, 6.45) is -0.00768. The molecular formula is C14H16N4O3. The summed E-state index contributed by atoms with van der Waals surface area (Å²) in [5.41, 5.74) is 0.906. The van der Waals surface area contributed by atoms with Crippen molar-refractivity contribution in [2.24, 2.45) is 0 Å². The first-order valence-electron chi connectivity index (χ1n) is 6.79. The van der Waals surface area contributed by atoms with E-state index in [1.807, 2.05) is 24.3 Å². The Balaban J connectivity index is 1.50. The zero-order valence-corrected chi connectivity index (χ0v) is 11.6. The molecule has 0 aliphatic carbocycles. The van der Waals surface area contributed by atoms with Crippen LogP contribution in [0.2, 0.25) is 0 Å². The van der Waals surface area contributed by atoms with Gasteiger partial charge in [0.15, 0.2) is 11.9 Å². The minimum absolute atomic E-state index is 0.155. The Labute approximate surface area is 121 Å². The molecule has 2 heterocycles. The van der Waals surface area contributed by atoms with Crippen molar-refractivity contribution in [3.8, 4) is 5.75 Å². The second-order valence-electron chi connectivity index (χ2n) is 4.75. The van der Waals surface area contributed by atoms with E-state index in [1.165, 1.54) is 0 Å². The number of nitrogens with zero attached hydrogens (tertiary/aromatic N) is 2. The van der Waals surface area contributed by atoms with Crippen LogP contribution in [0.15, 0.2) is 28.8 Å². The standard InChI is InChI=1S/C14H16N4O3/c1-9-17-13(18-21-9)6-7-15-14(19)12-8-16-10-4-2-3-5-11(10)20-12/h2-5,12,16H,6-8H2,1H3,(H,15,19). The smallest absolute Gasteiger partial charge is 0.262 e. The molecule has 1 aromatic heterocycles. The van der Waals surface area contributed by atoms with Crippen LogP contribution in [0.25, 0.3) is 0 Å². The number of nitrogens with one attached hydrogen (secondary N) is 2. The first-order chi connectivity index (χ1) is 10.2. The van der Waals surface area contributed by atoms with Crippen LogP contribution in [0.5, 0.6) is 5.75 Å². The summed E-state index contributed by atoms with van der Waals surface area (Å²) in [6, 6.07) is 7.55. The monoisotopic (exact) mass is 288 g/mol. The number of aromatic nitrogens is 2. The highest BCUT2D eigenvalue weighted by Gasteiger charge is 2.25. The highest BCUT2D eigenvalue weighted by atomic mass is 16.5. The van der Waals surface area contributed by atoms with Gasteiger partial charge >= 0.3 is 0 Å². The van der Waals surface area contributed by atoms with E-state index in [-0.39, 0.29) is 5.91 Å². The van der Waals surface area contributed by atoms with Crippen LogP contribution in [-0.2, 0) is 11.2 Å². The molecule has 1 atom stereocenters. The van der Waals surface area contributed by atoms with Gasteiger partial charge in [0.05, 0.1) is 12.2 Å². The van der Waals surface area contributed by atoms with Crippen molar-refractivity contribution in [2.45, 2.75) is 19.4 Å². The van der Waals surface area contributed by atoms with E-state index in [0.29, 0.717) is 37.0 Å². The van der Waals surface area contributed by atoms with Gasteiger partial charge in [0.25, 0.3) is 5.91 Å². The molecule has 0 bridgehead atoms. The molecule has 1 amide bonds. The molecule has 1 aliphatic rings. The molecule has 0 saturated heterocycles. The molecule has 7 heteroatoms.